The molecule has 134 valence electrons. The number of hydrogen-bond donors (Lipinski definition) is 2. The lowest BCUT2D eigenvalue weighted by Crippen LogP contribution is -2.27. The van der Waals surface area contributed by atoms with Gasteiger partial charge in [0.05, 0.1) is 11.4 Å². The van der Waals surface area contributed by atoms with Crippen LogP contribution in [0.1, 0.15) is 5.69 Å². The highest BCUT2D eigenvalue weighted by atomic mass is 19.3. The number of ether oxygens (including phenoxy) is 2. The summed E-state index contributed by atoms with van der Waals surface area (Å²) in [5.41, 5.74) is 6.90. The second kappa shape index (κ2) is 8.20. The van der Waals surface area contributed by atoms with Crippen molar-refractivity contribution in [1.29, 1.82) is 0 Å². The van der Waals surface area contributed by atoms with E-state index in [1.54, 1.807) is 13.0 Å². The number of rotatable bonds is 7. The van der Waals surface area contributed by atoms with Gasteiger partial charge in [0, 0.05) is 24.2 Å². The maximum Gasteiger partial charge on any atom is 0.387 e. The van der Waals surface area contributed by atoms with Gasteiger partial charge < -0.3 is 15.2 Å². The fourth-order valence-electron chi connectivity index (χ4n) is 1.77. The molecule has 2 rings (SSSR count). The average Bonchev–Trinajstić information content (AvgIpc) is 2.54. The molecule has 10 heteroatoms. The molecule has 0 amide bonds. The second-order valence-corrected chi connectivity index (χ2v) is 4.87. The van der Waals surface area contributed by atoms with Crippen LogP contribution in [0.2, 0.25) is 0 Å². The zero-order valence-electron chi connectivity index (χ0n) is 13.2. The molecule has 7 nitrogen and oxygen atoms in total. The minimum Gasteiger partial charge on any atom is -0.457 e. The van der Waals surface area contributed by atoms with Crippen LogP contribution < -0.4 is 26.1 Å². The van der Waals surface area contributed by atoms with Gasteiger partial charge in [-0.3, -0.25) is 5.01 Å². The molecule has 0 fully saturated rings. The quantitative estimate of drug-likeness (QED) is 0.579. The SMILES string of the molecule is Cc1ccnc(OC/C(N)=C/N(N)c2ccc(F)c(OC(F)F)c2)n1. The van der Waals surface area contributed by atoms with Crippen molar-refractivity contribution < 1.29 is 22.6 Å². The highest BCUT2D eigenvalue weighted by molar-refractivity contribution is 5.52. The van der Waals surface area contributed by atoms with Crippen molar-refractivity contribution in [2.24, 2.45) is 11.6 Å². The van der Waals surface area contributed by atoms with Gasteiger partial charge in [0.15, 0.2) is 11.6 Å². The highest BCUT2D eigenvalue weighted by Gasteiger charge is 2.12. The summed E-state index contributed by atoms with van der Waals surface area (Å²) in [4.78, 5) is 7.95. The molecule has 2 aromatic rings. The molecule has 0 aliphatic heterocycles. The molecule has 0 bridgehead atoms. The summed E-state index contributed by atoms with van der Waals surface area (Å²) < 4.78 is 47.3. The predicted molar refractivity (Wildman–Crippen MR) is 84.2 cm³/mol. The normalized spacial score (nSPS) is 11.5. The molecule has 1 aromatic heterocycles. The molecule has 1 heterocycles. The lowest BCUT2D eigenvalue weighted by atomic mass is 10.3. The van der Waals surface area contributed by atoms with Gasteiger partial charge in [0.25, 0.3) is 0 Å². The van der Waals surface area contributed by atoms with Gasteiger partial charge in [-0.05, 0) is 25.1 Å². The Bertz CT molecular complexity index is 758. The minimum absolute atomic E-state index is 0.0568. The molecular formula is C15H16F3N5O2. The van der Waals surface area contributed by atoms with Gasteiger partial charge in [-0.1, -0.05) is 0 Å². The monoisotopic (exact) mass is 355 g/mol. The van der Waals surface area contributed by atoms with Crippen molar-refractivity contribution in [3.05, 3.63) is 53.9 Å². The third-order valence-electron chi connectivity index (χ3n) is 2.87. The number of aromatic nitrogens is 2. The molecule has 4 N–H and O–H groups in total. The van der Waals surface area contributed by atoms with Crippen molar-refractivity contribution in [3.8, 4) is 11.8 Å². The zero-order valence-corrected chi connectivity index (χ0v) is 13.2. The van der Waals surface area contributed by atoms with Crippen LogP contribution in [0.4, 0.5) is 18.9 Å². The summed E-state index contributed by atoms with van der Waals surface area (Å²) in [5.74, 6) is 4.20. The number of nitrogens with two attached hydrogens (primary N) is 2. The van der Waals surface area contributed by atoms with Gasteiger partial charge in [-0.2, -0.15) is 8.78 Å². The third-order valence-corrected chi connectivity index (χ3v) is 2.87. The lowest BCUT2D eigenvalue weighted by Gasteiger charge is -2.16. The van der Waals surface area contributed by atoms with E-state index in [4.69, 9.17) is 16.3 Å². The molecule has 25 heavy (non-hydrogen) atoms. The van der Waals surface area contributed by atoms with E-state index >= 15 is 0 Å². The van der Waals surface area contributed by atoms with Crippen molar-refractivity contribution in [2.45, 2.75) is 13.5 Å². The van der Waals surface area contributed by atoms with Gasteiger partial charge in [0.2, 0.25) is 0 Å². The Labute approximate surface area is 141 Å². The van der Waals surface area contributed by atoms with Crippen LogP contribution in [0, 0.1) is 12.7 Å². The van der Waals surface area contributed by atoms with Crippen LogP contribution >= 0.6 is 0 Å². The van der Waals surface area contributed by atoms with Crippen molar-refractivity contribution in [2.75, 3.05) is 11.6 Å². The summed E-state index contributed by atoms with van der Waals surface area (Å²) in [7, 11) is 0. The third kappa shape index (κ3) is 5.53. The molecule has 0 saturated heterocycles. The number of aryl methyl sites for hydroxylation is 1. The van der Waals surface area contributed by atoms with Crippen LogP contribution in [0.5, 0.6) is 11.8 Å². The number of hydrazine groups is 1. The Morgan fingerprint density at radius 1 is 1.36 bits per heavy atom. The minimum atomic E-state index is -3.15. The van der Waals surface area contributed by atoms with E-state index in [0.717, 1.165) is 22.8 Å². The van der Waals surface area contributed by atoms with E-state index in [1.807, 2.05) is 0 Å². The van der Waals surface area contributed by atoms with E-state index in [9.17, 15) is 13.2 Å². The molecule has 0 aliphatic carbocycles. The smallest absolute Gasteiger partial charge is 0.387 e. The molecule has 0 saturated carbocycles. The van der Waals surface area contributed by atoms with E-state index in [1.165, 1.54) is 18.5 Å². The van der Waals surface area contributed by atoms with Gasteiger partial charge >= 0.3 is 12.6 Å². The van der Waals surface area contributed by atoms with E-state index in [0.29, 0.717) is 0 Å². The first-order valence-corrected chi connectivity index (χ1v) is 7.02. The molecule has 1 aromatic carbocycles. The molecule has 0 aliphatic rings. The van der Waals surface area contributed by atoms with Crippen molar-refractivity contribution in [1.82, 2.24) is 9.97 Å². The van der Waals surface area contributed by atoms with E-state index in [2.05, 4.69) is 14.7 Å². The first-order chi connectivity index (χ1) is 11.8. The van der Waals surface area contributed by atoms with Crippen LogP contribution in [0.3, 0.4) is 0 Å². The van der Waals surface area contributed by atoms with Crippen LogP contribution in [-0.4, -0.2) is 23.2 Å². The number of nitrogens with zero attached hydrogens (tertiary/aromatic N) is 3. The van der Waals surface area contributed by atoms with E-state index < -0.39 is 18.2 Å². The molecule has 0 radical (unpaired) electrons. The fourth-order valence-corrected chi connectivity index (χ4v) is 1.77. The Morgan fingerprint density at radius 3 is 2.80 bits per heavy atom. The number of halogens is 3. The summed E-state index contributed by atoms with van der Waals surface area (Å²) in [5, 5.41) is 1.02. The molecule has 0 atom stereocenters. The largest absolute Gasteiger partial charge is 0.457 e. The van der Waals surface area contributed by atoms with Crippen LogP contribution in [0.25, 0.3) is 0 Å². The Kier molecular flexibility index (Phi) is 6.01. The highest BCUT2D eigenvalue weighted by Crippen LogP contribution is 2.25. The van der Waals surface area contributed by atoms with E-state index in [-0.39, 0.29) is 24.0 Å². The standard InChI is InChI=1S/C15H16F3N5O2/c1-9-4-5-21-15(22-9)24-8-10(19)7-23(20)11-2-3-12(16)13(6-11)25-14(17)18/h2-7,14H,8,19-20H2,1H3/b10-7-. The van der Waals surface area contributed by atoms with Crippen molar-refractivity contribution >= 4 is 5.69 Å². The Morgan fingerprint density at radius 2 is 2.12 bits per heavy atom. The van der Waals surface area contributed by atoms with Gasteiger partial charge in [-0.15, -0.1) is 0 Å². The predicted octanol–water partition coefficient (Wildman–Crippen LogP) is 2.08. The maximum absolute atomic E-state index is 13.4. The number of alkyl halides is 2. The van der Waals surface area contributed by atoms with Crippen molar-refractivity contribution in [3.63, 3.8) is 0 Å². The zero-order chi connectivity index (χ0) is 18.4. The first-order valence-electron chi connectivity index (χ1n) is 7.02. The lowest BCUT2D eigenvalue weighted by molar-refractivity contribution is -0.0521. The topological polar surface area (TPSA) is 99.5 Å². The fraction of sp³-hybridized carbons (Fsp3) is 0.200. The maximum atomic E-state index is 13.4. The van der Waals surface area contributed by atoms with Gasteiger partial charge in [-0.25, -0.2) is 20.2 Å². The Balaban J connectivity index is 2.04. The number of anilines is 1. The molecule has 0 spiro atoms. The summed E-state index contributed by atoms with van der Waals surface area (Å²) in [6.07, 6.45) is 2.82. The van der Waals surface area contributed by atoms with Crippen LogP contribution in [0.15, 0.2) is 42.4 Å². The van der Waals surface area contributed by atoms with Crippen LogP contribution in [-0.2, 0) is 0 Å². The summed E-state index contributed by atoms with van der Waals surface area (Å²) >= 11 is 0. The first kappa shape index (κ1) is 18.3. The van der Waals surface area contributed by atoms with Gasteiger partial charge in [0.1, 0.15) is 6.61 Å². The average molecular weight is 355 g/mol. The Hall–Kier alpha value is -3.01. The summed E-state index contributed by atoms with van der Waals surface area (Å²) in [6, 6.07) is 5.11. The number of hydrogen-bond acceptors (Lipinski definition) is 7. The molecule has 0 unspecified atom stereocenters. The molecular weight excluding hydrogens is 339 g/mol. The second-order valence-electron chi connectivity index (χ2n) is 4.87. The summed E-state index contributed by atoms with van der Waals surface area (Å²) in [6.45, 7) is -1.43. The number of benzene rings is 1.